The molecule has 1 aliphatic rings. The van der Waals surface area contributed by atoms with Crippen molar-refractivity contribution in [3.05, 3.63) is 29.8 Å². The van der Waals surface area contributed by atoms with Gasteiger partial charge in [-0.2, -0.15) is 0 Å². The first-order valence-corrected chi connectivity index (χ1v) is 6.37. The van der Waals surface area contributed by atoms with Crippen LogP contribution in [0.1, 0.15) is 17.3 Å². The molecule has 1 heterocycles. The first-order valence-electron chi connectivity index (χ1n) is 6.37. The van der Waals surface area contributed by atoms with Crippen molar-refractivity contribution in [2.45, 2.75) is 13.0 Å². The minimum absolute atomic E-state index is 0.0147. The van der Waals surface area contributed by atoms with Crippen molar-refractivity contribution in [2.75, 3.05) is 32.1 Å². The number of nitrogens with zero attached hydrogens (tertiary/aromatic N) is 1. The van der Waals surface area contributed by atoms with Gasteiger partial charge < -0.3 is 15.5 Å². The highest BCUT2D eigenvalue weighted by Crippen LogP contribution is 2.13. The maximum absolute atomic E-state index is 12.1. The molecule has 1 saturated heterocycles. The fraction of sp³-hybridized carbons (Fsp3) is 0.500. The van der Waals surface area contributed by atoms with Crippen molar-refractivity contribution < 1.29 is 4.79 Å². The molecule has 18 heavy (non-hydrogen) atoms. The van der Waals surface area contributed by atoms with Crippen LogP contribution in [0.2, 0.25) is 0 Å². The largest absolute Gasteiger partial charge is 0.378 e. The van der Waals surface area contributed by atoms with Crippen LogP contribution in [0.3, 0.4) is 0 Å². The fourth-order valence-corrected chi connectivity index (χ4v) is 2.17. The number of carbonyl (C=O) groups excluding carboxylic acids is 1. The highest BCUT2D eigenvalue weighted by Gasteiger charge is 2.24. The van der Waals surface area contributed by atoms with Crippen LogP contribution in [0.4, 0.5) is 5.69 Å². The van der Waals surface area contributed by atoms with Crippen LogP contribution in [0.15, 0.2) is 24.3 Å². The van der Waals surface area contributed by atoms with Crippen molar-refractivity contribution in [3.63, 3.8) is 0 Å². The molecule has 2 unspecified atom stereocenters. The lowest BCUT2D eigenvalue weighted by Crippen LogP contribution is -2.39. The van der Waals surface area contributed by atoms with E-state index >= 15 is 0 Å². The molecule has 0 saturated carbocycles. The van der Waals surface area contributed by atoms with Crippen molar-refractivity contribution in [1.29, 1.82) is 0 Å². The molecule has 0 spiro atoms. The zero-order chi connectivity index (χ0) is 13.1. The summed E-state index contributed by atoms with van der Waals surface area (Å²) in [5.74, 6) is 0.510. The Labute approximate surface area is 108 Å². The number of anilines is 1. The first-order chi connectivity index (χ1) is 8.58. The minimum Gasteiger partial charge on any atom is -0.378 e. The molecule has 0 bridgehead atoms. The monoisotopic (exact) mass is 247 g/mol. The molecule has 1 aromatic carbocycles. The molecule has 98 valence electrons. The van der Waals surface area contributed by atoms with Gasteiger partial charge in [0.15, 0.2) is 0 Å². The van der Waals surface area contributed by atoms with Crippen LogP contribution < -0.4 is 15.5 Å². The van der Waals surface area contributed by atoms with Gasteiger partial charge >= 0.3 is 0 Å². The van der Waals surface area contributed by atoms with E-state index in [2.05, 4.69) is 17.6 Å². The number of rotatable bonds is 3. The van der Waals surface area contributed by atoms with E-state index < -0.39 is 0 Å². The standard InChI is InChI=1S/C14H21N3O/c1-10-8-15-9-13(10)16-14(18)11-4-6-12(7-5-11)17(2)3/h4-7,10,13,15H,8-9H2,1-3H3,(H,16,18). The molecule has 2 rings (SSSR count). The molecule has 0 aromatic heterocycles. The van der Waals surface area contributed by atoms with Crippen LogP contribution >= 0.6 is 0 Å². The minimum atomic E-state index is 0.0147. The van der Waals surface area contributed by atoms with Gasteiger partial charge in [-0.25, -0.2) is 0 Å². The third-order valence-electron chi connectivity index (χ3n) is 3.48. The van der Waals surface area contributed by atoms with E-state index in [1.54, 1.807) is 0 Å². The summed E-state index contributed by atoms with van der Waals surface area (Å²) in [5, 5.41) is 6.36. The Kier molecular flexibility index (Phi) is 3.87. The number of benzene rings is 1. The predicted molar refractivity (Wildman–Crippen MR) is 74.1 cm³/mol. The average Bonchev–Trinajstić information content (AvgIpc) is 2.75. The van der Waals surface area contributed by atoms with Gasteiger partial charge in [0.2, 0.25) is 0 Å². The van der Waals surface area contributed by atoms with Crippen molar-refractivity contribution in [2.24, 2.45) is 5.92 Å². The van der Waals surface area contributed by atoms with Crippen LogP contribution in [0.5, 0.6) is 0 Å². The van der Waals surface area contributed by atoms with Gasteiger partial charge in [0.05, 0.1) is 0 Å². The molecule has 0 radical (unpaired) electrons. The van der Waals surface area contributed by atoms with Crippen molar-refractivity contribution >= 4 is 11.6 Å². The summed E-state index contributed by atoms with van der Waals surface area (Å²) in [4.78, 5) is 14.1. The topological polar surface area (TPSA) is 44.4 Å². The molecule has 1 aromatic rings. The van der Waals surface area contributed by atoms with Crippen molar-refractivity contribution in [1.82, 2.24) is 10.6 Å². The molecule has 4 heteroatoms. The summed E-state index contributed by atoms with van der Waals surface area (Å²) in [6.07, 6.45) is 0. The second kappa shape index (κ2) is 5.40. The number of nitrogens with one attached hydrogen (secondary N) is 2. The Bertz CT molecular complexity index is 414. The van der Waals surface area contributed by atoms with E-state index in [4.69, 9.17) is 0 Å². The zero-order valence-electron chi connectivity index (χ0n) is 11.2. The van der Waals surface area contributed by atoms with E-state index in [9.17, 15) is 4.79 Å². The quantitative estimate of drug-likeness (QED) is 0.840. The molecule has 1 amide bonds. The normalized spacial score (nSPS) is 22.8. The number of hydrogen-bond donors (Lipinski definition) is 2. The van der Waals surface area contributed by atoms with Crippen LogP contribution in [0, 0.1) is 5.92 Å². The van der Waals surface area contributed by atoms with Gasteiger partial charge in [0, 0.05) is 37.9 Å². The molecular formula is C14H21N3O. The summed E-state index contributed by atoms with van der Waals surface area (Å²) in [7, 11) is 3.97. The SMILES string of the molecule is CC1CNCC1NC(=O)c1ccc(N(C)C)cc1. The van der Waals surface area contributed by atoms with Gasteiger partial charge in [0.1, 0.15) is 0 Å². The average molecular weight is 247 g/mol. The maximum Gasteiger partial charge on any atom is 0.251 e. The summed E-state index contributed by atoms with van der Waals surface area (Å²) in [5.41, 5.74) is 1.82. The Morgan fingerprint density at radius 1 is 1.28 bits per heavy atom. The van der Waals surface area contributed by atoms with E-state index in [1.807, 2.05) is 43.3 Å². The molecule has 1 fully saturated rings. The lowest BCUT2D eigenvalue weighted by Gasteiger charge is -2.17. The van der Waals surface area contributed by atoms with E-state index in [-0.39, 0.29) is 11.9 Å². The van der Waals surface area contributed by atoms with Crippen molar-refractivity contribution in [3.8, 4) is 0 Å². The molecule has 2 N–H and O–H groups in total. The van der Waals surface area contributed by atoms with Gasteiger partial charge in [-0.15, -0.1) is 0 Å². The van der Waals surface area contributed by atoms with Gasteiger partial charge in [-0.05, 0) is 36.7 Å². The summed E-state index contributed by atoms with van der Waals surface area (Å²) in [6.45, 7) is 3.99. The predicted octanol–water partition coefficient (Wildman–Crippen LogP) is 1.09. The highest BCUT2D eigenvalue weighted by atomic mass is 16.1. The van der Waals surface area contributed by atoms with Crippen LogP contribution in [-0.4, -0.2) is 39.1 Å². The molecule has 1 aliphatic heterocycles. The van der Waals surface area contributed by atoms with Gasteiger partial charge in [-0.3, -0.25) is 4.79 Å². The Balaban J connectivity index is 2.00. The highest BCUT2D eigenvalue weighted by molar-refractivity contribution is 5.94. The van der Waals surface area contributed by atoms with E-state index in [0.29, 0.717) is 5.92 Å². The number of hydrogen-bond acceptors (Lipinski definition) is 3. The lowest BCUT2D eigenvalue weighted by atomic mass is 10.1. The van der Waals surface area contributed by atoms with E-state index in [0.717, 1.165) is 24.3 Å². The van der Waals surface area contributed by atoms with Crippen LogP contribution in [-0.2, 0) is 0 Å². The number of carbonyl (C=O) groups is 1. The second-order valence-corrected chi connectivity index (χ2v) is 5.16. The Morgan fingerprint density at radius 2 is 1.94 bits per heavy atom. The Hall–Kier alpha value is -1.55. The second-order valence-electron chi connectivity index (χ2n) is 5.16. The zero-order valence-corrected chi connectivity index (χ0v) is 11.2. The van der Waals surface area contributed by atoms with E-state index in [1.165, 1.54) is 0 Å². The molecular weight excluding hydrogens is 226 g/mol. The molecule has 0 aliphatic carbocycles. The van der Waals surface area contributed by atoms with Crippen LogP contribution in [0.25, 0.3) is 0 Å². The molecule has 2 atom stereocenters. The number of amides is 1. The fourth-order valence-electron chi connectivity index (χ4n) is 2.17. The summed E-state index contributed by atoms with van der Waals surface area (Å²) >= 11 is 0. The maximum atomic E-state index is 12.1. The summed E-state index contributed by atoms with van der Waals surface area (Å²) < 4.78 is 0. The summed E-state index contributed by atoms with van der Waals surface area (Å²) in [6, 6.07) is 7.91. The smallest absolute Gasteiger partial charge is 0.251 e. The first kappa shape index (κ1) is 12.9. The Morgan fingerprint density at radius 3 is 2.44 bits per heavy atom. The van der Waals surface area contributed by atoms with Gasteiger partial charge in [0.25, 0.3) is 5.91 Å². The third kappa shape index (κ3) is 2.82. The molecule has 4 nitrogen and oxygen atoms in total. The van der Waals surface area contributed by atoms with Gasteiger partial charge in [-0.1, -0.05) is 6.92 Å². The third-order valence-corrected chi connectivity index (χ3v) is 3.48. The lowest BCUT2D eigenvalue weighted by molar-refractivity contribution is 0.0933.